The zero-order chi connectivity index (χ0) is 13.5. The van der Waals surface area contributed by atoms with Gasteiger partial charge in [-0.2, -0.15) is 0 Å². The quantitative estimate of drug-likeness (QED) is 0.884. The highest BCUT2D eigenvalue weighted by molar-refractivity contribution is 5.15. The van der Waals surface area contributed by atoms with Crippen LogP contribution in [0.15, 0.2) is 30.3 Å². The Labute approximate surface area is 117 Å². The molecule has 1 aliphatic rings. The number of hydrogen-bond donors (Lipinski definition) is 1. The molecule has 106 valence electrons. The summed E-state index contributed by atoms with van der Waals surface area (Å²) in [4.78, 5) is 2.39. The molecule has 1 aromatic carbocycles. The van der Waals surface area contributed by atoms with Crippen molar-refractivity contribution < 1.29 is 5.11 Å². The smallest absolute Gasteiger partial charge is 0.0572 e. The summed E-state index contributed by atoms with van der Waals surface area (Å²) < 4.78 is 0. The highest BCUT2D eigenvalue weighted by Gasteiger charge is 2.20. The summed E-state index contributed by atoms with van der Waals surface area (Å²) in [5.41, 5.74) is 1.36. The van der Waals surface area contributed by atoms with E-state index in [1.165, 1.54) is 24.9 Å². The Morgan fingerprint density at radius 2 is 1.79 bits per heavy atom. The second-order valence-corrected chi connectivity index (χ2v) is 5.96. The first kappa shape index (κ1) is 14.5. The molecule has 1 heterocycles. The highest BCUT2D eigenvalue weighted by Crippen LogP contribution is 2.23. The summed E-state index contributed by atoms with van der Waals surface area (Å²) >= 11 is 0. The van der Waals surface area contributed by atoms with Gasteiger partial charge in [-0.05, 0) is 63.7 Å². The summed E-state index contributed by atoms with van der Waals surface area (Å²) in [6.45, 7) is 2.32. The van der Waals surface area contributed by atoms with Crippen molar-refractivity contribution in [2.24, 2.45) is 5.92 Å². The van der Waals surface area contributed by atoms with Gasteiger partial charge in [0.1, 0.15) is 0 Å². The van der Waals surface area contributed by atoms with Crippen molar-refractivity contribution in [1.29, 1.82) is 0 Å². The third-order valence-corrected chi connectivity index (χ3v) is 4.29. The van der Waals surface area contributed by atoms with Crippen LogP contribution < -0.4 is 0 Å². The highest BCUT2D eigenvalue weighted by atomic mass is 16.3. The molecule has 1 N–H and O–H groups in total. The maximum atomic E-state index is 10.4. The zero-order valence-corrected chi connectivity index (χ0v) is 12.1. The number of aliphatic hydroxyl groups excluding tert-OH is 1. The molecule has 19 heavy (non-hydrogen) atoms. The van der Waals surface area contributed by atoms with E-state index in [0.717, 1.165) is 32.2 Å². The predicted octanol–water partition coefficient (Wildman–Crippen LogP) is 3.10. The topological polar surface area (TPSA) is 23.5 Å². The first-order valence-corrected chi connectivity index (χ1v) is 7.66. The van der Waals surface area contributed by atoms with Crippen molar-refractivity contribution in [3.63, 3.8) is 0 Å². The molecule has 2 unspecified atom stereocenters. The Hall–Kier alpha value is -0.860. The van der Waals surface area contributed by atoms with E-state index in [4.69, 9.17) is 0 Å². The summed E-state index contributed by atoms with van der Waals surface area (Å²) in [5.74, 6) is 0.436. The molecule has 2 rings (SSSR count). The SMILES string of the molecule is CN1CCCCC(Cc2ccccc2)C(O)CCC1. The zero-order valence-electron chi connectivity index (χ0n) is 12.1. The average molecular weight is 261 g/mol. The second-order valence-electron chi connectivity index (χ2n) is 5.96. The van der Waals surface area contributed by atoms with Crippen LogP contribution in [0.4, 0.5) is 0 Å². The second kappa shape index (κ2) is 7.66. The van der Waals surface area contributed by atoms with Gasteiger partial charge in [-0.25, -0.2) is 0 Å². The summed E-state index contributed by atoms with van der Waals surface area (Å²) in [5, 5.41) is 10.4. The number of benzene rings is 1. The van der Waals surface area contributed by atoms with Crippen LogP contribution >= 0.6 is 0 Å². The van der Waals surface area contributed by atoms with Crippen LogP contribution in [0.5, 0.6) is 0 Å². The molecule has 2 heteroatoms. The number of nitrogens with zero attached hydrogens (tertiary/aromatic N) is 1. The third kappa shape index (κ3) is 4.96. The van der Waals surface area contributed by atoms with E-state index in [1.807, 2.05) is 0 Å². The summed E-state index contributed by atoms with van der Waals surface area (Å²) in [6, 6.07) is 10.6. The molecule has 0 amide bonds. The van der Waals surface area contributed by atoms with Gasteiger partial charge in [0.15, 0.2) is 0 Å². The first-order chi connectivity index (χ1) is 9.25. The standard InChI is InChI=1S/C17H27NO/c1-18-12-6-5-10-16(17(19)11-7-13-18)14-15-8-3-2-4-9-15/h2-4,8-9,16-17,19H,5-7,10-14H2,1H3. The lowest BCUT2D eigenvalue weighted by Crippen LogP contribution is -2.28. The predicted molar refractivity (Wildman–Crippen MR) is 80.2 cm³/mol. The van der Waals surface area contributed by atoms with Crippen LogP contribution in [-0.2, 0) is 6.42 Å². The van der Waals surface area contributed by atoms with E-state index >= 15 is 0 Å². The van der Waals surface area contributed by atoms with Gasteiger partial charge in [-0.3, -0.25) is 0 Å². The molecule has 0 aromatic heterocycles. The van der Waals surface area contributed by atoms with Gasteiger partial charge >= 0.3 is 0 Å². The Kier molecular flexibility index (Phi) is 5.87. The lowest BCUT2D eigenvalue weighted by Gasteiger charge is -2.26. The van der Waals surface area contributed by atoms with Crippen molar-refractivity contribution in [2.45, 2.75) is 44.6 Å². The van der Waals surface area contributed by atoms with E-state index in [-0.39, 0.29) is 6.10 Å². The fourth-order valence-electron chi connectivity index (χ4n) is 3.05. The van der Waals surface area contributed by atoms with Crippen LogP contribution in [-0.4, -0.2) is 36.2 Å². The van der Waals surface area contributed by atoms with E-state index in [9.17, 15) is 5.11 Å². The van der Waals surface area contributed by atoms with Gasteiger partial charge in [0.2, 0.25) is 0 Å². The van der Waals surface area contributed by atoms with Crippen molar-refractivity contribution in [3.05, 3.63) is 35.9 Å². The lowest BCUT2D eigenvalue weighted by molar-refractivity contribution is 0.0831. The molecule has 1 saturated heterocycles. The maximum absolute atomic E-state index is 10.4. The molecule has 2 atom stereocenters. The summed E-state index contributed by atoms with van der Waals surface area (Å²) in [7, 11) is 2.19. The van der Waals surface area contributed by atoms with Gasteiger partial charge in [-0.1, -0.05) is 36.8 Å². The monoisotopic (exact) mass is 261 g/mol. The molecule has 0 aliphatic carbocycles. The van der Waals surface area contributed by atoms with E-state index in [2.05, 4.69) is 42.3 Å². The molecule has 0 saturated carbocycles. The van der Waals surface area contributed by atoms with Crippen LogP contribution in [0.3, 0.4) is 0 Å². The van der Waals surface area contributed by atoms with Crippen LogP contribution in [0.2, 0.25) is 0 Å². The maximum Gasteiger partial charge on any atom is 0.0572 e. The Bertz CT molecular complexity index is 352. The van der Waals surface area contributed by atoms with Crippen LogP contribution in [0.1, 0.15) is 37.7 Å². The van der Waals surface area contributed by atoms with Gasteiger partial charge in [0, 0.05) is 0 Å². The Morgan fingerprint density at radius 3 is 2.58 bits per heavy atom. The minimum atomic E-state index is -0.133. The van der Waals surface area contributed by atoms with E-state index in [0.29, 0.717) is 5.92 Å². The number of rotatable bonds is 2. The van der Waals surface area contributed by atoms with Gasteiger partial charge in [0.05, 0.1) is 6.10 Å². The molecule has 2 nitrogen and oxygen atoms in total. The first-order valence-electron chi connectivity index (χ1n) is 7.66. The minimum absolute atomic E-state index is 0.133. The van der Waals surface area contributed by atoms with Crippen LogP contribution in [0.25, 0.3) is 0 Å². The van der Waals surface area contributed by atoms with Gasteiger partial charge < -0.3 is 10.0 Å². The largest absolute Gasteiger partial charge is 0.393 e. The molecule has 1 fully saturated rings. The van der Waals surface area contributed by atoms with Crippen molar-refractivity contribution in [3.8, 4) is 0 Å². The number of hydrogen-bond acceptors (Lipinski definition) is 2. The van der Waals surface area contributed by atoms with Gasteiger partial charge in [-0.15, -0.1) is 0 Å². The van der Waals surface area contributed by atoms with Crippen molar-refractivity contribution in [2.75, 3.05) is 20.1 Å². The fraction of sp³-hybridized carbons (Fsp3) is 0.647. The van der Waals surface area contributed by atoms with Crippen LogP contribution in [0, 0.1) is 5.92 Å². The van der Waals surface area contributed by atoms with E-state index in [1.54, 1.807) is 0 Å². The van der Waals surface area contributed by atoms with Gasteiger partial charge in [0.25, 0.3) is 0 Å². The third-order valence-electron chi connectivity index (χ3n) is 4.29. The van der Waals surface area contributed by atoms with E-state index < -0.39 is 0 Å². The van der Waals surface area contributed by atoms with Crippen molar-refractivity contribution in [1.82, 2.24) is 4.90 Å². The molecule has 0 spiro atoms. The molecule has 1 aromatic rings. The Balaban J connectivity index is 1.93. The normalized spacial score (nSPS) is 27.1. The number of aliphatic hydroxyl groups is 1. The average Bonchev–Trinajstić information content (AvgIpc) is 2.42. The molecular weight excluding hydrogens is 234 g/mol. The Morgan fingerprint density at radius 1 is 1.05 bits per heavy atom. The minimum Gasteiger partial charge on any atom is -0.393 e. The molecule has 0 bridgehead atoms. The molecular formula is C17H27NO. The lowest BCUT2D eigenvalue weighted by atomic mass is 9.87. The molecule has 1 aliphatic heterocycles. The fourth-order valence-corrected chi connectivity index (χ4v) is 3.05. The summed E-state index contributed by atoms with van der Waals surface area (Å²) in [6.07, 6.45) is 6.60. The molecule has 0 radical (unpaired) electrons. The van der Waals surface area contributed by atoms with Crippen molar-refractivity contribution >= 4 is 0 Å².